The Labute approximate surface area is 255 Å². The van der Waals surface area contributed by atoms with Crippen LogP contribution in [0.15, 0.2) is 48.5 Å². The monoisotopic (exact) mass is 600 g/mol. The van der Waals surface area contributed by atoms with Crippen molar-refractivity contribution in [2.24, 2.45) is 11.8 Å². The molecule has 1 aliphatic heterocycles. The number of carbonyl (C=O) groups is 2. The highest BCUT2D eigenvalue weighted by molar-refractivity contribution is 5.97. The number of rotatable bonds is 6. The van der Waals surface area contributed by atoms with Gasteiger partial charge in [0.15, 0.2) is 0 Å². The van der Waals surface area contributed by atoms with Crippen LogP contribution in [0.5, 0.6) is 11.5 Å². The van der Waals surface area contributed by atoms with Gasteiger partial charge in [0.25, 0.3) is 5.91 Å². The Kier molecular flexibility index (Phi) is 13.3. The van der Waals surface area contributed by atoms with E-state index in [0.717, 1.165) is 5.56 Å². The maximum absolute atomic E-state index is 14.5. The first-order chi connectivity index (χ1) is 20.6. The second-order valence-electron chi connectivity index (χ2n) is 11.4. The molecule has 1 heterocycles. The Balaban J connectivity index is 2.20. The van der Waals surface area contributed by atoms with E-state index in [9.17, 15) is 19.8 Å². The second kappa shape index (κ2) is 16.6. The first kappa shape index (κ1) is 34.3. The maximum Gasteiger partial charge on any atom is 0.258 e. The molecule has 1 aliphatic rings. The lowest BCUT2D eigenvalue weighted by Gasteiger charge is -2.42. The maximum atomic E-state index is 14.5. The summed E-state index contributed by atoms with van der Waals surface area (Å²) in [7, 11) is 4.60. The zero-order valence-electron chi connectivity index (χ0n) is 26.3. The van der Waals surface area contributed by atoms with Gasteiger partial charge >= 0.3 is 0 Å². The molecule has 0 bridgehead atoms. The van der Waals surface area contributed by atoms with Gasteiger partial charge in [-0.15, -0.1) is 0 Å². The van der Waals surface area contributed by atoms with Crippen LogP contribution in [-0.4, -0.2) is 104 Å². The second-order valence-corrected chi connectivity index (χ2v) is 11.4. The number of aliphatic hydroxyl groups excluding tert-OH is 2. The van der Waals surface area contributed by atoms with E-state index in [-0.39, 0.29) is 43.3 Å². The van der Waals surface area contributed by atoms with Crippen molar-refractivity contribution < 1.29 is 38.7 Å². The van der Waals surface area contributed by atoms with Crippen molar-refractivity contribution in [3.63, 3.8) is 0 Å². The summed E-state index contributed by atoms with van der Waals surface area (Å²) in [6.07, 6.45) is -2.03. The van der Waals surface area contributed by atoms with Crippen LogP contribution >= 0.6 is 0 Å². The molecule has 0 aromatic heterocycles. The molecule has 0 unspecified atom stereocenters. The Morgan fingerprint density at radius 1 is 0.977 bits per heavy atom. The molecule has 2 N–H and O–H groups in total. The zero-order valence-corrected chi connectivity index (χ0v) is 26.3. The molecule has 2 aromatic rings. The van der Waals surface area contributed by atoms with E-state index in [1.54, 1.807) is 31.3 Å². The minimum atomic E-state index is -1.26. The fourth-order valence-corrected chi connectivity index (χ4v) is 5.66. The van der Waals surface area contributed by atoms with Gasteiger partial charge in [0.2, 0.25) is 5.91 Å². The Morgan fingerprint density at radius 2 is 1.72 bits per heavy atom. The van der Waals surface area contributed by atoms with Gasteiger partial charge < -0.3 is 39.0 Å². The summed E-state index contributed by atoms with van der Waals surface area (Å²) in [6.45, 7) is 6.65. The Bertz CT molecular complexity index is 1180. The van der Waals surface area contributed by atoms with Gasteiger partial charge in [-0.3, -0.25) is 9.59 Å². The average Bonchev–Trinajstić information content (AvgIpc) is 3.01. The summed E-state index contributed by atoms with van der Waals surface area (Å²) >= 11 is 0. The van der Waals surface area contributed by atoms with E-state index < -0.39 is 24.4 Å². The molecule has 1 fully saturated rings. The van der Waals surface area contributed by atoms with E-state index >= 15 is 0 Å². The van der Waals surface area contributed by atoms with Crippen LogP contribution in [0, 0.1) is 11.8 Å². The van der Waals surface area contributed by atoms with E-state index in [4.69, 9.17) is 18.9 Å². The van der Waals surface area contributed by atoms with Gasteiger partial charge in [0, 0.05) is 46.2 Å². The van der Waals surface area contributed by atoms with Gasteiger partial charge in [-0.05, 0) is 48.6 Å². The largest absolute Gasteiger partial charge is 0.497 e. The third-order valence-electron chi connectivity index (χ3n) is 8.21. The number of nitrogens with zero attached hydrogens (tertiary/aromatic N) is 2. The molecule has 0 radical (unpaired) electrons. The first-order valence-electron chi connectivity index (χ1n) is 14.9. The first-order valence-corrected chi connectivity index (χ1v) is 14.9. The van der Waals surface area contributed by atoms with Crippen LogP contribution in [0.2, 0.25) is 0 Å². The number of hydrogen-bond donors (Lipinski definition) is 2. The summed E-state index contributed by atoms with van der Waals surface area (Å²) in [4.78, 5) is 31.1. The van der Waals surface area contributed by atoms with Crippen LogP contribution in [0.1, 0.15) is 55.6 Å². The summed E-state index contributed by atoms with van der Waals surface area (Å²) in [6, 6.07) is 14.4. The standard InChI is InChI=1S/C33H48N2O8/c1-22(2)27-19-34(23(3)36)20-30(42-6)32(38)28(37)21-43-17-10-9-16-35(31(27)24-12-11-13-25(18-24)40-4)33(39)26-14-7-8-15-29(26)41-5/h7-8,11-15,18,22,27-28,30-32,37-38H,9-10,16-17,19-21H2,1-6H3/t27-,28+,30+,31-,32+/m1/s1. The molecule has 10 nitrogen and oxygen atoms in total. The molecular weight excluding hydrogens is 552 g/mol. The minimum absolute atomic E-state index is 0.0292. The fourth-order valence-electron chi connectivity index (χ4n) is 5.66. The van der Waals surface area contributed by atoms with Gasteiger partial charge in [-0.1, -0.05) is 38.1 Å². The summed E-state index contributed by atoms with van der Waals surface area (Å²) in [5.41, 5.74) is 1.33. The molecule has 2 aromatic carbocycles. The van der Waals surface area contributed by atoms with E-state index in [2.05, 4.69) is 13.8 Å². The number of methoxy groups -OCH3 is 3. The lowest BCUT2D eigenvalue weighted by Crippen LogP contribution is -2.51. The lowest BCUT2D eigenvalue weighted by molar-refractivity contribution is -0.138. The predicted octanol–water partition coefficient (Wildman–Crippen LogP) is 3.56. The van der Waals surface area contributed by atoms with Crippen molar-refractivity contribution in [3.05, 3.63) is 59.7 Å². The van der Waals surface area contributed by atoms with Crippen molar-refractivity contribution in [1.29, 1.82) is 0 Å². The number of aliphatic hydroxyl groups is 2. The molecular formula is C33H48N2O8. The summed E-state index contributed by atoms with van der Waals surface area (Å²) < 4.78 is 22.4. The van der Waals surface area contributed by atoms with E-state index in [0.29, 0.717) is 43.1 Å². The molecule has 3 rings (SSSR count). The van der Waals surface area contributed by atoms with Crippen molar-refractivity contribution in [3.8, 4) is 11.5 Å². The predicted molar refractivity (Wildman–Crippen MR) is 163 cm³/mol. The van der Waals surface area contributed by atoms with Crippen molar-refractivity contribution in [2.45, 2.75) is 58.0 Å². The molecule has 1 saturated heterocycles. The number of benzene rings is 2. The van der Waals surface area contributed by atoms with Gasteiger partial charge in [-0.25, -0.2) is 0 Å². The highest BCUT2D eigenvalue weighted by Crippen LogP contribution is 2.38. The fraction of sp³-hybridized carbons (Fsp3) is 0.576. The van der Waals surface area contributed by atoms with Crippen molar-refractivity contribution in [2.75, 3.05) is 54.2 Å². The van der Waals surface area contributed by atoms with Crippen LogP contribution in [0.25, 0.3) is 0 Å². The Morgan fingerprint density at radius 3 is 2.37 bits per heavy atom. The molecule has 5 atom stereocenters. The normalized spacial score (nSPS) is 24.6. The lowest BCUT2D eigenvalue weighted by atomic mass is 9.82. The number of hydrogen-bond acceptors (Lipinski definition) is 8. The number of carbonyl (C=O) groups excluding carboxylic acids is 2. The molecule has 10 heteroatoms. The Hall–Kier alpha value is -3.18. The van der Waals surface area contributed by atoms with Crippen molar-refractivity contribution >= 4 is 11.8 Å². The zero-order chi connectivity index (χ0) is 31.5. The van der Waals surface area contributed by atoms with Gasteiger partial charge in [0.1, 0.15) is 29.8 Å². The molecule has 0 saturated carbocycles. The summed E-state index contributed by atoms with van der Waals surface area (Å²) in [5.74, 6) is 0.553. The molecule has 0 aliphatic carbocycles. The number of amides is 2. The molecule has 2 amide bonds. The molecule has 43 heavy (non-hydrogen) atoms. The average molecular weight is 601 g/mol. The van der Waals surface area contributed by atoms with E-state index in [1.807, 2.05) is 41.3 Å². The SMILES string of the molecule is COc1cccc([C@@H]2[C@@H](C(C)C)CN(C(C)=O)C[C@H](OC)[C@@H](O)[C@@H](O)COCCCCN2C(=O)c2ccccc2OC)c1. The van der Waals surface area contributed by atoms with Gasteiger partial charge in [-0.2, -0.15) is 0 Å². The van der Waals surface area contributed by atoms with Crippen LogP contribution < -0.4 is 9.47 Å². The highest BCUT2D eigenvalue weighted by Gasteiger charge is 2.38. The molecule has 238 valence electrons. The number of ether oxygens (including phenoxy) is 4. The smallest absolute Gasteiger partial charge is 0.258 e. The topological polar surface area (TPSA) is 118 Å². The van der Waals surface area contributed by atoms with Crippen molar-refractivity contribution in [1.82, 2.24) is 9.80 Å². The number of para-hydroxylation sites is 1. The van der Waals surface area contributed by atoms with Crippen LogP contribution in [0.4, 0.5) is 0 Å². The third-order valence-corrected chi connectivity index (χ3v) is 8.21. The van der Waals surface area contributed by atoms with Crippen LogP contribution in [-0.2, 0) is 14.3 Å². The summed E-state index contributed by atoms with van der Waals surface area (Å²) in [5, 5.41) is 21.5. The third kappa shape index (κ3) is 8.92. The minimum Gasteiger partial charge on any atom is -0.497 e. The van der Waals surface area contributed by atoms with E-state index in [1.165, 1.54) is 14.0 Å². The highest BCUT2D eigenvalue weighted by atomic mass is 16.5. The van der Waals surface area contributed by atoms with Crippen LogP contribution in [0.3, 0.4) is 0 Å². The quantitative estimate of drug-likeness (QED) is 0.517. The molecule has 0 spiro atoms. The van der Waals surface area contributed by atoms with Gasteiger partial charge in [0.05, 0.1) is 32.4 Å².